The quantitative estimate of drug-likeness (QED) is 0.259. The summed E-state index contributed by atoms with van der Waals surface area (Å²) in [5.41, 5.74) is -7.32. The molecule has 0 bridgehead atoms. The third-order valence-corrected chi connectivity index (χ3v) is 8.99. The number of carbonyl (C=O) groups is 1. The Morgan fingerprint density at radius 2 is 1.69 bits per heavy atom. The third-order valence-electron chi connectivity index (χ3n) is 8.05. The number of nitrogens with zero attached hydrogens (tertiary/aromatic N) is 2. The lowest BCUT2D eigenvalue weighted by Crippen LogP contribution is -2.70. The highest BCUT2D eigenvalue weighted by atomic mass is 32.1. The summed E-state index contributed by atoms with van der Waals surface area (Å²) >= 11 is 0.645. The monoisotopic (exact) mass is 617 g/mol. The largest absolute Gasteiger partial charge is 0.438 e. The molecule has 0 aliphatic carbocycles. The van der Waals surface area contributed by atoms with Crippen molar-refractivity contribution in [2.75, 3.05) is 18.4 Å². The summed E-state index contributed by atoms with van der Waals surface area (Å²) < 4.78 is 109. The number of likely N-dealkylation sites (tertiary alicyclic amines) is 1. The zero-order chi connectivity index (χ0) is 31.0. The van der Waals surface area contributed by atoms with Gasteiger partial charge in [0.15, 0.2) is 5.13 Å². The minimum absolute atomic E-state index is 0.0371. The second kappa shape index (κ2) is 11.5. The van der Waals surface area contributed by atoms with Crippen molar-refractivity contribution < 1.29 is 40.3 Å². The van der Waals surface area contributed by atoms with Crippen molar-refractivity contribution in [3.63, 3.8) is 0 Å². The van der Waals surface area contributed by atoms with Gasteiger partial charge >= 0.3 is 24.0 Å². The molecule has 4 rings (SSSR count). The first-order chi connectivity index (χ1) is 19.5. The van der Waals surface area contributed by atoms with Crippen LogP contribution in [0.4, 0.5) is 41.2 Å². The Bertz CT molecular complexity index is 1360. The molecular weight excluding hydrogens is 587 g/mol. The highest BCUT2D eigenvalue weighted by molar-refractivity contribution is 7.10. The van der Waals surface area contributed by atoms with E-state index < -0.39 is 59.5 Å². The number of anilines is 1. The minimum Gasteiger partial charge on any atom is -0.422 e. The fourth-order valence-electron chi connectivity index (χ4n) is 5.67. The maximum Gasteiger partial charge on any atom is 0.438 e. The predicted octanol–water partition coefficient (Wildman–Crippen LogP) is 8.26. The standard InChI is InChI=1S/C29H30F7N3O2S/c1-19-9-10-20(17-37-19)25(2,3)39-16-15-26(18-39,14-13-22-11-12-23(30)42-22)27(28(31,32)33,29(34,35)36)41-24(40)38-21-7-5-4-6-8-21/h4-12,17H,13-16,18H2,1-3H3,(H,38,40). The van der Waals surface area contributed by atoms with Crippen molar-refractivity contribution in [2.24, 2.45) is 5.41 Å². The number of hydrogen-bond acceptors (Lipinski definition) is 5. The molecule has 1 fully saturated rings. The van der Waals surface area contributed by atoms with Gasteiger partial charge in [-0.1, -0.05) is 24.3 Å². The number of nitrogens with one attached hydrogen (secondary N) is 1. The first-order valence-electron chi connectivity index (χ1n) is 13.1. The fourth-order valence-corrected chi connectivity index (χ4v) is 6.39. The van der Waals surface area contributed by atoms with Gasteiger partial charge in [0.25, 0.3) is 0 Å². The number of aryl methyl sites for hydroxylation is 2. The Balaban J connectivity index is 1.81. The molecule has 3 aromatic rings. The van der Waals surface area contributed by atoms with Crippen molar-refractivity contribution in [3.8, 4) is 0 Å². The molecule has 1 amide bonds. The minimum atomic E-state index is -6.05. The zero-order valence-electron chi connectivity index (χ0n) is 23.1. The molecule has 1 unspecified atom stereocenters. The van der Waals surface area contributed by atoms with Crippen molar-refractivity contribution in [3.05, 3.63) is 82.1 Å². The highest BCUT2D eigenvalue weighted by Gasteiger charge is 2.83. The number of benzene rings is 1. The number of halogens is 7. The lowest BCUT2D eigenvalue weighted by atomic mass is 9.66. The van der Waals surface area contributed by atoms with Crippen LogP contribution >= 0.6 is 11.3 Å². The first kappa shape index (κ1) is 31.7. The van der Waals surface area contributed by atoms with Crippen molar-refractivity contribution in [1.82, 2.24) is 9.88 Å². The molecule has 1 N–H and O–H groups in total. The van der Waals surface area contributed by atoms with Crippen molar-refractivity contribution in [2.45, 2.75) is 63.5 Å². The van der Waals surface area contributed by atoms with Crippen LogP contribution in [0.3, 0.4) is 0 Å². The molecule has 1 aliphatic heterocycles. The Kier molecular flexibility index (Phi) is 8.67. The normalized spacial score (nSPS) is 18.7. The molecule has 0 spiro atoms. The molecule has 1 atom stereocenters. The van der Waals surface area contributed by atoms with Gasteiger partial charge in [-0.15, -0.1) is 11.3 Å². The van der Waals surface area contributed by atoms with E-state index in [1.54, 1.807) is 39.0 Å². The summed E-state index contributed by atoms with van der Waals surface area (Å²) in [6, 6.07) is 12.9. The number of aromatic nitrogens is 1. The summed E-state index contributed by atoms with van der Waals surface area (Å²) in [5, 5.41) is 1.39. The number of para-hydroxylation sites is 1. The summed E-state index contributed by atoms with van der Waals surface area (Å²) in [7, 11) is 0. The molecule has 1 aromatic carbocycles. The number of carbonyl (C=O) groups excluding carboxylic acids is 1. The van der Waals surface area contributed by atoms with Crippen LogP contribution in [0.1, 0.15) is 42.8 Å². The van der Waals surface area contributed by atoms with Gasteiger partial charge in [-0.3, -0.25) is 15.2 Å². The van der Waals surface area contributed by atoms with Gasteiger partial charge in [-0.25, -0.2) is 4.79 Å². The van der Waals surface area contributed by atoms with Crippen LogP contribution in [-0.4, -0.2) is 47.0 Å². The van der Waals surface area contributed by atoms with Gasteiger partial charge in [0.05, 0.1) is 0 Å². The maximum atomic E-state index is 15.1. The molecule has 13 heteroatoms. The lowest BCUT2D eigenvalue weighted by molar-refractivity contribution is -0.399. The molecule has 0 saturated carbocycles. The number of rotatable bonds is 8. The van der Waals surface area contributed by atoms with Gasteiger partial charge in [0.1, 0.15) is 0 Å². The maximum absolute atomic E-state index is 15.1. The molecule has 1 saturated heterocycles. The molecular formula is C29H30F7N3O2S. The Labute approximate surface area is 242 Å². The lowest BCUT2D eigenvalue weighted by Gasteiger charge is -2.49. The molecule has 228 valence electrons. The summed E-state index contributed by atoms with van der Waals surface area (Å²) in [5.74, 6) is 0. The number of pyridine rings is 1. The van der Waals surface area contributed by atoms with Crippen LogP contribution in [0.5, 0.6) is 0 Å². The summed E-state index contributed by atoms with van der Waals surface area (Å²) in [6.07, 6.45) is -14.0. The number of alkyl halides is 6. The van der Waals surface area contributed by atoms with Crippen LogP contribution < -0.4 is 5.32 Å². The van der Waals surface area contributed by atoms with Crippen LogP contribution in [0, 0.1) is 17.5 Å². The average molecular weight is 618 g/mol. The van der Waals surface area contributed by atoms with Gasteiger partial charge in [0.2, 0.25) is 0 Å². The topological polar surface area (TPSA) is 54.5 Å². The molecule has 42 heavy (non-hydrogen) atoms. The molecule has 1 aliphatic rings. The second-order valence-corrected chi connectivity index (χ2v) is 12.1. The van der Waals surface area contributed by atoms with E-state index in [2.05, 4.69) is 9.72 Å². The van der Waals surface area contributed by atoms with Crippen LogP contribution in [-0.2, 0) is 16.7 Å². The van der Waals surface area contributed by atoms with Crippen LogP contribution in [0.2, 0.25) is 0 Å². The van der Waals surface area contributed by atoms with Gasteiger partial charge in [-0.2, -0.15) is 30.7 Å². The molecule has 5 nitrogen and oxygen atoms in total. The Morgan fingerprint density at radius 3 is 2.24 bits per heavy atom. The van der Waals surface area contributed by atoms with E-state index in [9.17, 15) is 9.18 Å². The highest BCUT2D eigenvalue weighted by Crippen LogP contribution is 2.61. The average Bonchev–Trinajstić information content (AvgIpc) is 3.53. The van der Waals surface area contributed by atoms with Gasteiger partial charge < -0.3 is 4.74 Å². The third kappa shape index (κ3) is 5.98. The van der Waals surface area contributed by atoms with E-state index in [0.29, 0.717) is 22.6 Å². The number of hydrogen-bond donors (Lipinski definition) is 1. The van der Waals surface area contributed by atoms with E-state index in [0.717, 1.165) is 6.07 Å². The SMILES string of the molecule is Cc1ccc(C(C)(C)N2CCC(CCc3ccc(F)s3)(C(OC(=O)Nc3ccccc3)(C(F)(F)F)C(F)(F)F)C2)cn1. The predicted molar refractivity (Wildman–Crippen MR) is 145 cm³/mol. The summed E-state index contributed by atoms with van der Waals surface area (Å²) in [4.78, 5) is 18.9. The van der Waals surface area contributed by atoms with E-state index in [4.69, 9.17) is 0 Å². The van der Waals surface area contributed by atoms with E-state index >= 15 is 26.3 Å². The van der Waals surface area contributed by atoms with Gasteiger partial charge in [0, 0.05) is 40.0 Å². The van der Waals surface area contributed by atoms with Crippen LogP contribution in [0.15, 0.2) is 60.8 Å². The summed E-state index contributed by atoms with van der Waals surface area (Å²) in [6.45, 7) is 4.27. The molecule has 2 aromatic heterocycles. The van der Waals surface area contributed by atoms with Crippen LogP contribution in [0.25, 0.3) is 0 Å². The zero-order valence-corrected chi connectivity index (χ0v) is 23.9. The fraction of sp³-hybridized carbons (Fsp3) is 0.448. The number of ether oxygens (including phenoxy) is 1. The van der Waals surface area contributed by atoms with E-state index in [1.807, 2.05) is 5.32 Å². The van der Waals surface area contributed by atoms with Crippen molar-refractivity contribution >= 4 is 23.1 Å². The van der Waals surface area contributed by atoms with E-state index in [-0.39, 0.29) is 23.5 Å². The number of thiophene rings is 1. The van der Waals surface area contributed by atoms with E-state index in [1.165, 1.54) is 41.4 Å². The molecule has 0 radical (unpaired) electrons. The first-order valence-corrected chi connectivity index (χ1v) is 13.9. The number of amides is 1. The Morgan fingerprint density at radius 1 is 1.02 bits per heavy atom. The van der Waals surface area contributed by atoms with Gasteiger partial charge in [-0.05, 0) is 82.5 Å². The Hall–Kier alpha value is -3.19. The second-order valence-electron chi connectivity index (χ2n) is 11.0. The molecule has 3 heterocycles. The smallest absolute Gasteiger partial charge is 0.422 e. The van der Waals surface area contributed by atoms with Crippen molar-refractivity contribution in [1.29, 1.82) is 0 Å².